The Morgan fingerprint density at radius 3 is 1.78 bits per heavy atom. The van der Waals surface area contributed by atoms with E-state index >= 15 is 0 Å². The number of hydrogen-bond acceptors (Lipinski definition) is 4. The monoisotopic (exact) mass is 508 g/mol. The van der Waals surface area contributed by atoms with Crippen LogP contribution in [0.1, 0.15) is 115 Å². The SMILES string of the molecule is CCCC(CC)Oc1cccc(C(=O)C=Cc2cc(OC(CC)CCC)ccc2OC(CC)CCC)c1. The molecule has 0 N–H and O–H groups in total. The average molecular weight is 509 g/mol. The summed E-state index contributed by atoms with van der Waals surface area (Å²) in [4.78, 5) is 13.1. The first kappa shape index (κ1) is 30.5. The Bertz CT molecular complexity index is 965. The number of allylic oxidation sites excluding steroid dienone is 1. The van der Waals surface area contributed by atoms with Crippen molar-refractivity contribution in [2.24, 2.45) is 0 Å². The first-order chi connectivity index (χ1) is 18.0. The summed E-state index contributed by atoms with van der Waals surface area (Å²) in [5, 5.41) is 0. The van der Waals surface area contributed by atoms with Crippen LogP contribution in [0.2, 0.25) is 0 Å². The van der Waals surface area contributed by atoms with Gasteiger partial charge in [-0.05, 0) is 81.0 Å². The average Bonchev–Trinajstić information content (AvgIpc) is 2.91. The molecule has 0 bridgehead atoms. The Hall–Kier alpha value is -2.75. The number of hydrogen-bond donors (Lipinski definition) is 0. The molecule has 2 rings (SSSR count). The molecule has 0 amide bonds. The summed E-state index contributed by atoms with van der Waals surface area (Å²) in [6, 6.07) is 13.4. The van der Waals surface area contributed by atoms with E-state index in [0.29, 0.717) is 5.56 Å². The van der Waals surface area contributed by atoms with E-state index in [2.05, 4.69) is 41.5 Å². The molecule has 2 aromatic rings. The van der Waals surface area contributed by atoms with E-state index in [0.717, 1.165) is 80.6 Å². The van der Waals surface area contributed by atoms with Crippen LogP contribution in [0.25, 0.3) is 6.08 Å². The van der Waals surface area contributed by atoms with Crippen molar-refractivity contribution in [2.75, 3.05) is 0 Å². The van der Waals surface area contributed by atoms with E-state index in [1.807, 2.05) is 48.5 Å². The first-order valence-corrected chi connectivity index (χ1v) is 14.4. The molecule has 0 radical (unpaired) electrons. The molecule has 2 aromatic carbocycles. The van der Waals surface area contributed by atoms with E-state index in [1.165, 1.54) is 0 Å². The van der Waals surface area contributed by atoms with Crippen LogP contribution in [0.5, 0.6) is 17.2 Å². The van der Waals surface area contributed by atoms with Crippen molar-refractivity contribution < 1.29 is 19.0 Å². The predicted octanol–water partition coefficient (Wildman–Crippen LogP) is 9.46. The number of ether oxygens (including phenoxy) is 3. The van der Waals surface area contributed by atoms with Gasteiger partial charge in [0, 0.05) is 11.1 Å². The van der Waals surface area contributed by atoms with Crippen molar-refractivity contribution in [3.8, 4) is 17.2 Å². The standard InChI is InChI=1S/C33H48O4/c1-7-14-27(10-4)35-30-18-13-17-25(23-30)32(34)21-19-26-24-31(36-28(11-5)15-8-2)20-22-33(26)37-29(12-6)16-9-3/h13,17-24,27-29H,7-12,14-16H2,1-6H3. The fraction of sp³-hybridized carbons (Fsp3) is 0.545. The Kier molecular flexibility index (Phi) is 13.9. The third kappa shape index (κ3) is 10.3. The molecule has 4 heteroatoms. The largest absolute Gasteiger partial charge is 0.490 e. The van der Waals surface area contributed by atoms with Crippen LogP contribution in [0.15, 0.2) is 48.5 Å². The van der Waals surface area contributed by atoms with Gasteiger partial charge in [-0.15, -0.1) is 0 Å². The highest BCUT2D eigenvalue weighted by Crippen LogP contribution is 2.29. The van der Waals surface area contributed by atoms with Crippen LogP contribution in [-0.2, 0) is 0 Å². The zero-order chi connectivity index (χ0) is 27.0. The maximum absolute atomic E-state index is 13.1. The smallest absolute Gasteiger partial charge is 0.185 e. The zero-order valence-electron chi connectivity index (χ0n) is 23.9. The molecular formula is C33H48O4. The summed E-state index contributed by atoms with van der Waals surface area (Å²) in [5.41, 5.74) is 1.47. The molecule has 0 saturated heterocycles. The molecule has 0 heterocycles. The van der Waals surface area contributed by atoms with Gasteiger partial charge < -0.3 is 14.2 Å². The van der Waals surface area contributed by atoms with Crippen molar-refractivity contribution >= 4 is 11.9 Å². The second kappa shape index (κ2) is 16.9. The van der Waals surface area contributed by atoms with E-state index in [9.17, 15) is 4.79 Å². The van der Waals surface area contributed by atoms with Crippen molar-refractivity contribution in [2.45, 2.75) is 118 Å². The van der Waals surface area contributed by atoms with Crippen LogP contribution < -0.4 is 14.2 Å². The molecule has 0 saturated carbocycles. The molecule has 0 aromatic heterocycles. The van der Waals surface area contributed by atoms with E-state index in [4.69, 9.17) is 14.2 Å². The van der Waals surface area contributed by atoms with Gasteiger partial charge in [-0.25, -0.2) is 0 Å². The van der Waals surface area contributed by atoms with Crippen molar-refractivity contribution in [1.29, 1.82) is 0 Å². The van der Waals surface area contributed by atoms with E-state index in [-0.39, 0.29) is 24.1 Å². The molecule has 0 fully saturated rings. The van der Waals surface area contributed by atoms with Gasteiger partial charge in [-0.1, -0.05) is 72.9 Å². The van der Waals surface area contributed by atoms with Crippen LogP contribution >= 0.6 is 0 Å². The number of benzene rings is 2. The molecule has 4 nitrogen and oxygen atoms in total. The molecule has 0 aliphatic heterocycles. The van der Waals surface area contributed by atoms with Crippen LogP contribution in [0.3, 0.4) is 0 Å². The number of carbonyl (C=O) groups is 1. The molecule has 3 atom stereocenters. The lowest BCUT2D eigenvalue weighted by Crippen LogP contribution is -2.16. The number of rotatable bonds is 18. The number of carbonyl (C=O) groups excluding carboxylic acids is 1. The number of ketones is 1. The van der Waals surface area contributed by atoms with Gasteiger partial charge in [0.15, 0.2) is 5.78 Å². The molecule has 3 unspecified atom stereocenters. The third-order valence-electron chi connectivity index (χ3n) is 6.61. The Labute approximate surface area is 225 Å². The summed E-state index contributed by atoms with van der Waals surface area (Å²) in [5.74, 6) is 2.26. The fourth-order valence-electron chi connectivity index (χ4n) is 4.39. The van der Waals surface area contributed by atoms with Gasteiger partial charge >= 0.3 is 0 Å². The summed E-state index contributed by atoms with van der Waals surface area (Å²) in [6.45, 7) is 12.9. The maximum Gasteiger partial charge on any atom is 0.185 e. The molecule has 37 heavy (non-hydrogen) atoms. The minimum Gasteiger partial charge on any atom is -0.490 e. The Balaban J connectivity index is 2.29. The lowest BCUT2D eigenvalue weighted by Gasteiger charge is -2.21. The van der Waals surface area contributed by atoms with Crippen molar-refractivity contribution in [1.82, 2.24) is 0 Å². The predicted molar refractivity (Wildman–Crippen MR) is 155 cm³/mol. The lowest BCUT2D eigenvalue weighted by atomic mass is 10.1. The third-order valence-corrected chi connectivity index (χ3v) is 6.61. The molecular weight excluding hydrogens is 460 g/mol. The summed E-state index contributed by atoms with van der Waals surface area (Å²) in [6.07, 6.45) is 13.0. The van der Waals surface area contributed by atoms with Crippen LogP contribution in [-0.4, -0.2) is 24.1 Å². The topological polar surface area (TPSA) is 44.8 Å². The highest BCUT2D eigenvalue weighted by atomic mass is 16.5. The normalized spacial score (nSPS) is 13.8. The Morgan fingerprint density at radius 1 is 0.703 bits per heavy atom. The van der Waals surface area contributed by atoms with Crippen molar-refractivity contribution in [3.63, 3.8) is 0 Å². The van der Waals surface area contributed by atoms with Crippen LogP contribution in [0, 0.1) is 0 Å². The first-order valence-electron chi connectivity index (χ1n) is 14.4. The second-order valence-corrected chi connectivity index (χ2v) is 9.74. The maximum atomic E-state index is 13.1. The van der Waals surface area contributed by atoms with Gasteiger partial charge in [0.05, 0.1) is 18.3 Å². The Morgan fingerprint density at radius 2 is 1.24 bits per heavy atom. The van der Waals surface area contributed by atoms with Gasteiger partial charge in [0.2, 0.25) is 0 Å². The highest BCUT2D eigenvalue weighted by molar-refractivity contribution is 6.07. The van der Waals surface area contributed by atoms with E-state index in [1.54, 1.807) is 6.08 Å². The molecule has 0 spiro atoms. The molecule has 0 aliphatic carbocycles. The summed E-state index contributed by atoms with van der Waals surface area (Å²) in [7, 11) is 0. The molecule has 204 valence electrons. The van der Waals surface area contributed by atoms with Crippen LogP contribution in [0.4, 0.5) is 0 Å². The fourth-order valence-corrected chi connectivity index (χ4v) is 4.39. The minimum absolute atomic E-state index is 0.0655. The quantitative estimate of drug-likeness (QED) is 0.149. The van der Waals surface area contributed by atoms with Gasteiger partial charge in [0.25, 0.3) is 0 Å². The second-order valence-electron chi connectivity index (χ2n) is 9.74. The van der Waals surface area contributed by atoms with Gasteiger partial charge in [0.1, 0.15) is 17.2 Å². The van der Waals surface area contributed by atoms with Crippen molar-refractivity contribution in [3.05, 3.63) is 59.7 Å². The zero-order valence-corrected chi connectivity index (χ0v) is 23.9. The minimum atomic E-state index is -0.0655. The summed E-state index contributed by atoms with van der Waals surface area (Å²) < 4.78 is 18.8. The summed E-state index contributed by atoms with van der Waals surface area (Å²) >= 11 is 0. The lowest BCUT2D eigenvalue weighted by molar-refractivity contribution is 0.104. The van der Waals surface area contributed by atoms with Gasteiger partial charge in [-0.2, -0.15) is 0 Å². The van der Waals surface area contributed by atoms with E-state index < -0.39 is 0 Å². The highest BCUT2D eigenvalue weighted by Gasteiger charge is 2.14. The molecule has 0 aliphatic rings. The van der Waals surface area contributed by atoms with Gasteiger partial charge in [-0.3, -0.25) is 4.79 Å².